The lowest BCUT2D eigenvalue weighted by Crippen LogP contribution is -2.61. The quantitative estimate of drug-likeness (QED) is 0.0953. The smallest absolute Gasteiger partial charge is 0.335 e. The van der Waals surface area contributed by atoms with Gasteiger partial charge in [-0.15, -0.1) is 0 Å². The summed E-state index contributed by atoms with van der Waals surface area (Å²) in [4.78, 5) is 59.8. The molecule has 1 aromatic carbocycles. The van der Waals surface area contributed by atoms with Crippen molar-refractivity contribution in [3.63, 3.8) is 0 Å². The van der Waals surface area contributed by atoms with Gasteiger partial charge in [0, 0.05) is 43.6 Å². The monoisotopic (exact) mass is 620 g/mol. The summed E-state index contributed by atoms with van der Waals surface area (Å²) in [6.45, 7) is 4.03. The first-order chi connectivity index (χ1) is 20.9. The molecule has 0 aliphatic carbocycles. The van der Waals surface area contributed by atoms with Crippen LogP contribution < -0.4 is 10.1 Å². The number of aliphatic hydroxyl groups is 3. The average molecular weight is 621 g/mol. The van der Waals surface area contributed by atoms with Crippen LogP contribution in [0.3, 0.4) is 0 Å². The number of amides is 3. The topological polar surface area (TPSA) is 209 Å². The number of hydrogen-bond donors (Lipinski definition) is 5. The number of ether oxygens (including phenoxy) is 3. The van der Waals surface area contributed by atoms with Crippen LogP contribution >= 0.6 is 0 Å². The number of aliphatic carboxylic acids is 1. The van der Waals surface area contributed by atoms with E-state index in [4.69, 9.17) is 14.2 Å². The molecule has 14 nitrogen and oxygen atoms in total. The fourth-order valence-electron chi connectivity index (χ4n) is 4.62. The third kappa shape index (κ3) is 9.84. The van der Waals surface area contributed by atoms with Gasteiger partial charge in [0.25, 0.3) is 11.8 Å². The second-order valence-corrected chi connectivity index (χ2v) is 11.1. The Bertz CT molecular complexity index is 1210. The van der Waals surface area contributed by atoms with Crippen molar-refractivity contribution in [1.29, 1.82) is 0 Å². The normalized spacial score (nSPS) is 23.2. The predicted octanol–water partition coefficient (Wildman–Crippen LogP) is 0.191. The molecule has 3 rings (SSSR count). The molecule has 0 saturated carbocycles. The lowest BCUT2D eigenvalue weighted by atomic mass is 9.99. The van der Waals surface area contributed by atoms with Crippen LogP contribution in [-0.4, -0.2) is 98.8 Å². The summed E-state index contributed by atoms with van der Waals surface area (Å²) >= 11 is 0. The summed E-state index contributed by atoms with van der Waals surface area (Å²) in [6, 6.07) is 5.13. The number of aliphatic hydroxyl groups excluding tert-OH is 3. The predicted molar refractivity (Wildman–Crippen MR) is 152 cm³/mol. The van der Waals surface area contributed by atoms with E-state index in [-0.39, 0.29) is 43.6 Å². The van der Waals surface area contributed by atoms with Crippen molar-refractivity contribution in [1.82, 2.24) is 10.2 Å². The lowest BCUT2D eigenvalue weighted by molar-refractivity contribution is -0.271. The lowest BCUT2D eigenvalue weighted by Gasteiger charge is -2.38. The summed E-state index contributed by atoms with van der Waals surface area (Å²) < 4.78 is 16.4. The molecule has 44 heavy (non-hydrogen) atoms. The van der Waals surface area contributed by atoms with Crippen molar-refractivity contribution in [3.8, 4) is 5.75 Å². The molecule has 2 aliphatic heterocycles. The van der Waals surface area contributed by atoms with Gasteiger partial charge in [0.15, 0.2) is 6.10 Å². The Labute approximate surface area is 254 Å². The number of carbonyl (C=O) groups is 5. The van der Waals surface area contributed by atoms with Gasteiger partial charge in [-0.2, -0.15) is 0 Å². The largest absolute Gasteiger partial charge is 0.479 e. The van der Waals surface area contributed by atoms with E-state index < -0.39 is 54.5 Å². The van der Waals surface area contributed by atoms with Crippen molar-refractivity contribution in [2.45, 2.75) is 89.7 Å². The molecule has 5 N–H and O–H groups in total. The van der Waals surface area contributed by atoms with Crippen LogP contribution in [0.2, 0.25) is 0 Å². The molecule has 0 radical (unpaired) electrons. The first kappa shape index (κ1) is 34.6. The van der Waals surface area contributed by atoms with Crippen molar-refractivity contribution < 1.29 is 58.6 Å². The number of unbranched alkanes of at least 4 members (excludes halogenated alkanes) is 2. The van der Waals surface area contributed by atoms with Gasteiger partial charge >= 0.3 is 11.9 Å². The molecule has 1 saturated heterocycles. The fourth-order valence-corrected chi connectivity index (χ4v) is 4.62. The number of aryl methyl sites for hydroxylation is 1. The zero-order valence-corrected chi connectivity index (χ0v) is 24.7. The average Bonchev–Trinajstić information content (AvgIpc) is 3.29. The molecule has 1 aromatic rings. The van der Waals surface area contributed by atoms with E-state index in [9.17, 15) is 44.4 Å². The van der Waals surface area contributed by atoms with Gasteiger partial charge in [-0.05, 0) is 36.8 Å². The summed E-state index contributed by atoms with van der Waals surface area (Å²) in [5, 5.41) is 42.7. The van der Waals surface area contributed by atoms with Crippen molar-refractivity contribution in [2.75, 3.05) is 13.1 Å². The van der Waals surface area contributed by atoms with E-state index in [0.29, 0.717) is 24.9 Å². The molecule has 1 fully saturated rings. The second kappa shape index (κ2) is 16.3. The summed E-state index contributed by atoms with van der Waals surface area (Å²) in [5.41, 5.74) is 1.24. The number of rotatable bonds is 16. The van der Waals surface area contributed by atoms with Gasteiger partial charge < -0.3 is 40.0 Å². The molecule has 2 heterocycles. The van der Waals surface area contributed by atoms with Crippen LogP contribution in [0.25, 0.3) is 0 Å². The Hall–Kier alpha value is -3.85. The molecule has 0 aromatic heterocycles. The molecule has 242 valence electrons. The Kier molecular flexibility index (Phi) is 12.8. The Morgan fingerprint density at radius 2 is 1.70 bits per heavy atom. The Morgan fingerprint density at radius 1 is 1.00 bits per heavy atom. The number of imide groups is 1. The molecule has 0 bridgehead atoms. The maximum Gasteiger partial charge on any atom is 0.335 e. The van der Waals surface area contributed by atoms with E-state index in [2.05, 4.69) is 5.32 Å². The number of carbonyl (C=O) groups excluding carboxylic acids is 4. The van der Waals surface area contributed by atoms with Crippen molar-refractivity contribution in [2.24, 2.45) is 5.92 Å². The van der Waals surface area contributed by atoms with Crippen molar-refractivity contribution in [3.05, 3.63) is 41.5 Å². The molecular formula is C30H40N2O12. The number of esters is 1. The SMILES string of the molecule is CC(C)CC(=O)OCc1ccc(CCCCCNC(=O)CCN2C(=O)C=CC2=O)cc1O[C@@H]1O[C@H](C(=O)O)[C@@H](O)[C@H](O)[C@H]1O. The number of hydrogen-bond acceptors (Lipinski definition) is 11. The Morgan fingerprint density at radius 3 is 2.36 bits per heavy atom. The zero-order valence-electron chi connectivity index (χ0n) is 24.7. The molecule has 14 heteroatoms. The minimum absolute atomic E-state index is 0.0175. The standard InChI is InChI=1S/C30H40N2O12/c1-17(2)14-24(36)42-16-19-8-7-18(15-20(19)43-30-27(39)25(37)26(38)28(44-30)29(40)41)6-4-3-5-12-31-21(33)11-13-32-22(34)9-10-23(32)35/h7-10,15,17,25-28,30,37-39H,3-6,11-14,16H2,1-2H3,(H,31,33)(H,40,41)/t25-,26-,27+,28-,30+/m0/s1. The van der Waals surface area contributed by atoms with E-state index in [0.717, 1.165) is 23.3 Å². The van der Waals surface area contributed by atoms with Gasteiger partial charge in [0.1, 0.15) is 30.7 Å². The zero-order chi connectivity index (χ0) is 32.4. The van der Waals surface area contributed by atoms with Crippen LogP contribution in [0.4, 0.5) is 0 Å². The first-order valence-corrected chi connectivity index (χ1v) is 14.5. The van der Waals surface area contributed by atoms with Gasteiger partial charge in [-0.1, -0.05) is 32.4 Å². The van der Waals surface area contributed by atoms with Gasteiger partial charge in [0.2, 0.25) is 12.2 Å². The van der Waals surface area contributed by atoms with Crippen LogP contribution in [0.1, 0.15) is 57.1 Å². The summed E-state index contributed by atoms with van der Waals surface area (Å²) in [6.07, 6.45) is -3.61. The van der Waals surface area contributed by atoms with Crippen molar-refractivity contribution >= 4 is 29.7 Å². The fraction of sp³-hybridized carbons (Fsp3) is 0.567. The number of nitrogens with zero attached hydrogens (tertiary/aromatic N) is 1. The van der Waals surface area contributed by atoms with Gasteiger partial charge in [-0.3, -0.25) is 24.1 Å². The summed E-state index contributed by atoms with van der Waals surface area (Å²) in [7, 11) is 0. The highest BCUT2D eigenvalue weighted by molar-refractivity contribution is 6.13. The van der Waals surface area contributed by atoms with E-state index in [1.807, 2.05) is 19.9 Å². The van der Waals surface area contributed by atoms with Gasteiger partial charge in [0.05, 0.1) is 0 Å². The second-order valence-electron chi connectivity index (χ2n) is 11.1. The summed E-state index contributed by atoms with van der Waals surface area (Å²) in [5.74, 6) is -2.86. The minimum atomic E-state index is -1.87. The molecule has 0 unspecified atom stereocenters. The maximum absolute atomic E-state index is 12.1. The van der Waals surface area contributed by atoms with E-state index in [1.165, 1.54) is 12.2 Å². The number of benzene rings is 1. The van der Waals surface area contributed by atoms with Crippen LogP contribution in [0, 0.1) is 5.92 Å². The number of carboxylic acid groups (broad SMARTS) is 1. The molecule has 2 aliphatic rings. The maximum atomic E-state index is 12.1. The molecule has 0 spiro atoms. The number of carboxylic acids is 1. The molecule has 3 amide bonds. The van der Waals surface area contributed by atoms with Gasteiger partial charge in [-0.25, -0.2) is 4.79 Å². The number of nitrogens with one attached hydrogen (secondary N) is 1. The van der Waals surface area contributed by atoms with E-state index in [1.54, 1.807) is 12.1 Å². The highest BCUT2D eigenvalue weighted by Gasteiger charge is 2.48. The highest BCUT2D eigenvalue weighted by atomic mass is 16.7. The first-order valence-electron chi connectivity index (χ1n) is 14.5. The molecular weight excluding hydrogens is 580 g/mol. The van der Waals surface area contributed by atoms with Crippen LogP contribution in [0.5, 0.6) is 5.75 Å². The minimum Gasteiger partial charge on any atom is -0.479 e. The Balaban J connectivity index is 1.55. The van der Waals surface area contributed by atoms with E-state index >= 15 is 0 Å². The third-order valence-electron chi connectivity index (χ3n) is 7.08. The van der Waals surface area contributed by atoms with Crippen LogP contribution in [0.15, 0.2) is 30.4 Å². The van der Waals surface area contributed by atoms with Crippen LogP contribution in [-0.2, 0) is 46.5 Å². The third-order valence-corrected chi connectivity index (χ3v) is 7.08. The highest BCUT2D eigenvalue weighted by Crippen LogP contribution is 2.29. The molecule has 5 atom stereocenters.